The van der Waals surface area contributed by atoms with Crippen molar-refractivity contribution in [3.8, 4) is 33.4 Å². The highest BCUT2D eigenvalue weighted by Crippen LogP contribution is 2.46. The Hall–Kier alpha value is -7.08. The molecule has 1 unspecified atom stereocenters. The quantitative estimate of drug-likeness (QED) is 0.185. The molecular weight excluding hydrogens is 703 g/mol. The number of para-hydroxylation sites is 1. The van der Waals surface area contributed by atoms with E-state index < -0.39 is 0 Å². The number of hydrogen-bond donors (Lipinski definition) is 1. The van der Waals surface area contributed by atoms with E-state index in [1.165, 1.54) is 36.9 Å². The highest BCUT2D eigenvalue weighted by Gasteiger charge is 2.23. The zero-order valence-electron chi connectivity index (χ0n) is 30.2. The van der Waals surface area contributed by atoms with Crippen LogP contribution in [0.25, 0.3) is 75.5 Å². The van der Waals surface area contributed by atoms with Crippen LogP contribution in [0.4, 0.5) is 0 Å². The third-order valence-corrected chi connectivity index (χ3v) is 12.0. The van der Waals surface area contributed by atoms with Gasteiger partial charge in [-0.15, -0.1) is 11.3 Å². The topological polar surface area (TPSA) is 49.9 Å². The number of nitrogens with one attached hydrogen (secondary N) is 1. The molecule has 1 aliphatic heterocycles. The summed E-state index contributed by atoms with van der Waals surface area (Å²) in [7, 11) is 0. The molecule has 0 saturated heterocycles. The zero-order chi connectivity index (χ0) is 37.0. The molecule has 3 heterocycles. The summed E-state index contributed by atoms with van der Waals surface area (Å²) >= 11 is 1.85. The number of benzene rings is 8. The molecule has 8 aromatic carbocycles. The smallest absolute Gasteiger partial charge is 0.159 e. The largest absolute Gasteiger partial charge is 0.455 e. The summed E-state index contributed by atoms with van der Waals surface area (Å²) in [4.78, 5) is 10.1. The monoisotopic (exact) mass is 735 g/mol. The Morgan fingerprint density at radius 3 is 1.96 bits per heavy atom. The number of thiophene rings is 1. The average molecular weight is 736 g/mol. The summed E-state index contributed by atoms with van der Waals surface area (Å²) in [6.07, 6.45) is -0.328. The summed E-state index contributed by atoms with van der Waals surface area (Å²) < 4.78 is 9.44. The first kappa shape index (κ1) is 32.4. The summed E-state index contributed by atoms with van der Waals surface area (Å²) in [5.41, 5.74) is 11.7. The van der Waals surface area contributed by atoms with E-state index in [0.717, 1.165) is 61.2 Å². The molecule has 4 nitrogen and oxygen atoms in total. The fourth-order valence-electron chi connectivity index (χ4n) is 8.08. The standard InChI is InChI=1S/C51H33N3OS/c1-4-15-32(16-5-1)37-30-42-39-23-10-11-28-45(39)56-48(42)43(31-37)40-25-13-26-41-46-38(24-14-27-44(46)55-47(40)41)35-21-12-22-36(29-35)51-53-49(33-17-6-2-7-18-33)52-50(54-51)34-19-8-3-9-20-34/h1-31,51H,(H,52,53,54). The predicted molar refractivity (Wildman–Crippen MR) is 235 cm³/mol. The first-order valence-electron chi connectivity index (χ1n) is 18.8. The van der Waals surface area contributed by atoms with E-state index in [4.69, 9.17) is 14.4 Å². The van der Waals surface area contributed by atoms with Crippen molar-refractivity contribution in [2.24, 2.45) is 9.98 Å². The Bertz CT molecular complexity index is 3160. The molecule has 0 spiro atoms. The van der Waals surface area contributed by atoms with E-state index in [1.807, 2.05) is 47.7 Å². The minimum absolute atomic E-state index is 0.328. The summed E-state index contributed by atoms with van der Waals surface area (Å²) in [6, 6.07) is 66.2. The number of furan rings is 1. The van der Waals surface area contributed by atoms with Crippen molar-refractivity contribution in [1.29, 1.82) is 0 Å². The van der Waals surface area contributed by atoms with Crippen molar-refractivity contribution in [3.63, 3.8) is 0 Å². The van der Waals surface area contributed by atoms with Crippen molar-refractivity contribution in [2.45, 2.75) is 6.17 Å². The summed E-state index contributed by atoms with van der Waals surface area (Å²) in [6.45, 7) is 0. The van der Waals surface area contributed by atoms with E-state index >= 15 is 0 Å². The molecule has 1 aliphatic rings. The lowest BCUT2D eigenvalue weighted by atomic mass is 9.94. The normalized spacial score (nSPS) is 14.2. The van der Waals surface area contributed by atoms with Gasteiger partial charge < -0.3 is 9.73 Å². The van der Waals surface area contributed by atoms with Crippen molar-refractivity contribution in [3.05, 3.63) is 205 Å². The van der Waals surface area contributed by atoms with E-state index in [1.54, 1.807) is 0 Å². The highest BCUT2D eigenvalue weighted by atomic mass is 32.1. The van der Waals surface area contributed by atoms with Gasteiger partial charge in [-0.05, 0) is 58.1 Å². The van der Waals surface area contributed by atoms with E-state index in [9.17, 15) is 0 Å². The lowest BCUT2D eigenvalue weighted by molar-refractivity contribution is 0.670. The van der Waals surface area contributed by atoms with E-state index in [0.29, 0.717) is 5.84 Å². The average Bonchev–Trinajstić information content (AvgIpc) is 3.86. The third-order valence-electron chi connectivity index (χ3n) is 10.7. The molecule has 1 atom stereocenters. The van der Waals surface area contributed by atoms with Crippen LogP contribution < -0.4 is 5.32 Å². The van der Waals surface area contributed by atoms with Gasteiger partial charge in [0.15, 0.2) is 5.84 Å². The molecule has 0 radical (unpaired) electrons. The van der Waals surface area contributed by atoms with Gasteiger partial charge in [-0.1, -0.05) is 158 Å². The predicted octanol–water partition coefficient (Wildman–Crippen LogP) is 13.5. The van der Waals surface area contributed by atoms with Gasteiger partial charge in [-0.2, -0.15) is 0 Å². The zero-order valence-corrected chi connectivity index (χ0v) is 31.0. The lowest BCUT2D eigenvalue weighted by Gasteiger charge is -2.24. The molecular formula is C51H33N3OS. The highest BCUT2D eigenvalue weighted by molar-refractivity contribution is 7.26. The van der Waals surface area contributed by atoms with Crippen LogP contribution in [0.3, 0.4) is 0 Å². The van der Waals surface area contributed by atoms with Crippen LogP contribution in [0.2, 0.25) is 0 Å². The summed E-state index contributed by atoms with van der Waals surface area (Å²) in [5, 5.41) is 8.38. The number of hydrogen-bond acceptors (Lipinski definition) is 5. The lowest BCUT2D eigenvalue weighted by Crippen LogP contribution is -2.33. The number of rotatable bonds is 6. The molecule has 2 aromatic heterocycles. The number of amidine groups is 2. The second-order valence-electron chi connectivity index (χ2n) is 14.1. The first-order chi connectivity index (χ1) is 27.7. The Kier molecular flexibility index (Phi) is 7.71. The summed E-state index contributed by atoms with van der Waals surface area (Å²) in [5.74, 6) is 1.51. The molecule has 11 rings (SSSR count). The Morgan fingerprint density at radius 1 is 0.482 bits per heavy atom. The molecule has 5 heteroatoms. The van der Waals surface area contributed by atoms with Crippen LogP contribution in [0.15, 0.2) is 202 Å². The van der Waals surface area contributed by atoms with Gasteiger partial charge in [0.25, 0.3) is 0 Å². The first-order valence-corrected chi connectivity index (χ1v) is 19.7. The van der Waals surface area contributed by atoms with Crippen molar-refractivity contribution in [1.82, 2.24) is 5.32 Å². The molecule has 0 saturated carbocycles. The Balaban J connectivity index is 1.06. The number of aliphatic imine (C=N–C) groups is 2. The minimum atomic E-state index is -0.328. The van der Waals surface area contributed by atoms with Crippen molar-refractivity contribution in [2.75, 3.05) is 0 Å². The van der Waals surface area contributed by atoms with Crippen LogP contribution in [0, 0.1) is 0 Å². The van der Waals surface area contributed by atoms with Crippen LogP contribution in [0.5, 0.6) is 0 Å². The van der Waals surface area contributed by atoms with Gasteiger partial charge in [0, 0.05) is 53.2 Å². The van der Waals surface area contributed by atoms with Gasteiger partial charge in [-0.25, -0.2) is 9.98 Å². The molecule has 10 aromatic rings. The molecule has 56 heavy (non-hydrogen) atoms. The third kappa shape index (κ3) is 5.52. The van der Waals surface area contributed by atoms with Crippen LogP contribution in [0.1, 0.15) is 22.9 Å². The molecule has 0 amide bonds. The second kappa shape index (κ2) is 13.3. The number of nitrogens with zero attached hydrogens (tertiary/aromatic N) is 2. The second-order valence-corrected chi connectivity index (χ2v) is 15.2. The van der Waals surface area contributed by atoms with E-state index in [2.05, 4.69) is 157 Å². The fraction of sp³-hybridized carbons (Fsp3) is 0.0196. The molecule has 0 fully saturated rings. The van der Waals surface area contributed by atoms with E-state index in [-0.39, 0.29) is 6.17 Å². The van der Waals surface area contributed by atoms with Gasteiger partial charge in [0.05, 0.1) is 0 Å². The maximum Gasteiger partial charge on any atom is 0.159 e. The van der Waals surface area contributed by atoms with Gasteiger partial charge in [0.1, 0.15) is 23.2 Å². The molecule has 1 N–H and O–H groups in total. The SMILES string of the molecule is c1ccc(C2=NC(c3cccc(-c4cccc5oc6c(-c7cc(-c8ccccc8)cc8c7sc7ccccc78)cccc6c45)c3)NC(c3ccccc3)=N2)cc1. The molecule has 0 bridgehead atoms. The minimum Gasteiger partial charge on any atom is -0.455 e. The van der Waals surface area contributed by atoms with Crippen molar-refractivity contribution >= 4 is 65.1 Å². The van der Waals surface area contributed by atoms with Crippen LogP contribution in [-0.4, -0.2) is 11.7 Å². The van der Waals surface area contributed by atoms with Crippen LogP contribution >= 0.6 is 11.3 Å². The fourth-order valence-corrected chi connectivity index (χ4v) is 9.29. The Morgan fingerprint density at radius 2 is 1.14 bits per heavy atom. The van der Waals surface area contributed by atoms with Gasteiger partial charge >= 0.3 is 0 Å². The van der Waals surface area contributed by atoms with Gasteiger partial charge in [0.2, 0.25) is 0 Å². The Labute approximate surface area is 327 Å². The van der Waals surface area contributed by atoms with Gasteiger partial charge in [-0.3, -0.25) is 0 Å². The maximum atomic E-state index is 6.90. The van der Waals surface area contributed by atoms with Crippen molar-refractivity contribution < 1.29 is 4.42 Å². The van der Waals surface area contributed by atoms with Crippen LogP contribution in [-0.2, 0) is 0 Å². The molecule has 0 aliphatic carbocycles. The molecule has 264 valence electrons. The number of fused-ring (bicyclic) bond motifs is 6. The maximum absolute atomic E-state index is 6.90.